The molecule has 0 radical (unpaired) electrons. The molecule has 1 heterocycles. The van der Waals surface area contributed by atoms with E-state index in [0.717, 1.165) is 12.8 Å². The van der Waals surface area contributed by atoms with E-state index >= 15 is 0 Å². The molecule has 0 aliphatic carbocycles. The van der Waals surface area contributed by atoms with E-state index in [2.05, 4.69) is 0 Å². The van der Waals surface area contributed by atoms with Crippen molar-refractivity contribution >= 4 is 6.09 Å². The number of nitrogens with two attached hydrogens (primary N) is 1. The normalized spacial score (nSPS) is 19.6. The maximum absolute atomic E-state index is 11.9. The monoisotopic (exact) mass is 273 g/mol. The molecule has 1 saturated heterocycles. The summed E-state index contributed by atoms with van der Waals surface area (Å²) in [6.45, 7) is 7.50. The largest absolute Gasteiger partial charge is 0.444 e. The number of ether oxygens (including phenoxy) is 1. The smallest absolute Gasteiger partial charge is 0.410 e. The summed E-state index contributed by atoms with van der Waals surface area (Å²) in [4.78, 5) is 13.6. The first-order chi connectivity index (χ1) is 8.67. The number of carbonyl (C=O) groups is 1. The summed E-state index contributed by atoms with van der Waals surface area (Å²) in [6, 6.07) is 0. The van der Waals surface area contributed by atoms with Crippen LogP contribution in [0, 0.1) is 5.41 Å². The summed E-state index contributed by atoms with van der Waals surface area (Å²) >= 11 is 0. The molecule has 1 aliphatic heterocycles. The van der Waals surface area contributed by atoms with Crippen molar-refractivity contribution in [2.45, 2.75) is 39.2 Å². The lowest BCUT2D eigenvalue weighted by molar-refractivity contribution is -0.00855. The van der Waals surface area contributed by atoms with Gasteiger partial charge in [-0.05, 0) is 33.6 Å². The Morgan fingerprint density at radius 1 is 1.42 bits per heavy atom. The number of aliphatic hydroxyl groups excluding tert-OH is 1. The van der Waals surface area contributed by atoms with Gasteiger partial charge in [0.2, 0.25) is 0 Å². The fourth-order valence-electron chi connectivity index (χ4n) is 2.39. The van der Waals surface area contributed by atoms with Gasteiger partial charge >= 0.3 is 6.09 Å². The molecule has 19 heavy (non-hydrogen) atoms. The van der Waals surface area contributed by atoms with E-state index in [9.17, 15) is 9.90 Å². The van der Waals surface area contributed by atoms with Crippen molar-refractivity contribution in [2.75, 3.05) is 33.3 Å². The fourth-order valence-corrected chi connectivity index (χ4v) is 2.39. The highest BCUT2D eigenvalue weighted by atomic mass is 16.6. The van der Waals surface area contributed by atoms with Crippen LogP contribution in [0.15, 0.2) is 0 Å². The second-order valence-corrected chi connectivity index (χ2v) is 6.54. The highest BCUT2D eigenvalue weighted by molar-refractivity contribution is 5.68. The van der Waals surface area contributed by atoms with Crippen molar-refractivity contribution in [2.24, 2.45) is 11.3 Å². The lowest BCUT2D eigenvalue weighted by atomic mass is 9.79. The number of rotatable bonds is 3. The second-order valence-electron chi connectivity index (χ2n) is 6.54. The molecule has 0 aromatic rings. The molecular formula is C13H27N3O3. The third-order valence-corrected chi connectivity index (χ3v) is 3.40. The number of nitrogens with zero attached hydrogens (tertiary/aromatic N) is 2. The number of hydrazine groups is 1. The molecule has 0 unspecified atom stereocenters. The van der Waals surface area contributed by atoms with Crippen molar-refractivity contribution in [3.63, 3.8) is 0 Å². The zero-order valence-electron chi connectivity index (χ0n) is 12.5. The fraction of sp³-hybridized carbons (Fsp3) is 0.923. The van der Waals surface area contributed by atoms with E-state index in [0.29, 0.717) is 19.6 Å². The molecule has 0 bridgehead atoms. The topological polar surface area (TPSA) is 79.0 Å². The minimum Gasteiger partial charge on any atom is -0.444 e. The van der Waals surface area contributed by atoms with Crippen molar-refractivity contribution < 1.29 is 14.6 Å². The quantitative estimate of drug-likeness (QED) is 0.587. The third-order valence-electron chi connectivity index (χ3n) is 3.40. The van der Waals surface area contributed by atoms with Crippen LogP contribution in [0.5, 0.6) is 0 Å². The molecule has 112 valence electrons. The average molecular weight is 273 g/mol. The summed E-state index contributed by atoms with van der Waals surface area (Å²) in [5.41, 5.74) is -0.678. The van der Waals surface area contributed by atoms with Crippen LogP contribution in [0.1, 0.15) is 33.6 Å². The van der Waals surface area contributed by atoms with Crippen molar-refractivity contribution in [1.82, 2.24) is 9.91 Å². The summed E-state index contributed by atoms with van der Waals surface area (Å²) < 4.78 is 5.35. The lowest BCUT2D eigenvalue weighted by Crippen LogP contribution is -2.51. The average Bonchev–Trinajstić information content (AvgIpc) is 2.26. The van der Waals surface area contributed by atoms with Crippen molar-refractivity contribution in [1.29, 1.82) is 0 Å². The first kappa shape index (κ1) is 16.2. The Hall–Kier alpha value is -0.850. The Labute approximate surface area is 115 Å². The summed E-state index contributed by atoms with van der Waals surface area (Å²) in [5.74, 6) is 5.68. The zero-order chi connectivity index (χ0) is 14.7. The number of likely N-dealkylation sites (tertiary alicyclic amines) is 1. The van der Waals surface area contributed by atoms with Gasteiger partial charge in [0.1, 0.15) is 5.60 Å². The molecule has 6 heteroatoms. The standard InChI is InChI=1S/C13H27N3O3/c1-12(2,3)19-11(18)16-7-5-13(10-17,6-8-16)9-15(4)14/h17H,5-10,14H2,1-4H3. The molecule has 1 rings (SSSR count). The van der Waals surface area contributed by atoms with Gasteiger partial charge in [0, 0.05) is 32.1 Å². The van der Waals surface area contributed by atoms with E-state index < -0.39 is 5.60 Å². The van der Waals surface area contributed by atoms with Crippen LogP contribution in [-0.4, -0.2) is 60.0 Å². The number of hydrogen-bond acceptors (Lipinski definition) is 5. The van der Waals surface area contributed by atoms with Gasteiger partial charge < -0.3 is 14.7 Å². The van der Waals surface area contributed by atoms with E-state index in [-0.39, 0.29) is 18.1 Å². The van der Waals surface area contributed by atoms with E-state index in [1.807, 2.05) is 20.8 Å². The van der Waals surface area contributed by atoms with E-state index in [4.69, 9.17) is 10.6 Å². The van der Waals surface area contributed by atoms with Crippen molar-refractivity contribution in [3.8, 4) is 0 Å². The molecule has 0 saturated carbocycles. The number of piperidine rings is 1. The molecule has 0 aromatic carbocycles. The van der Waals surface area contributed by atoms with Gasteiger partial charge in [0.15, 0.2) is 0 Å². The predicted molar refractivity (Wildman–Crippen MR) is 73.4 cm³/mol. The summed E-state index contributed by atoms with van der Waals surface area (Å²) in [5, 5.41) is 11.2. The minimum absolute atomic E-state index is 0.0939. The van der Waals surface area contributed by atoms with Gasteiger partial charge in [0.25, 0.3) is 0 Å². The summed E-state index contributed by atoms with van der Waals surface area (Å²) in [6.07, 6.45) is 1.20. The number of aliphatic hydroxyl groups is 1. The number of carbonyl (C=O) groups excluding carboxylic acids is 1. The van der Waals surface area contributed by atoms with Crippen LogP contribution in [0.25, 0.3) is 0 Å². The van der Waals surface area contributed by atoms with Gasteiger partial charge in [-0.15, -0.1) is 0 Å². The van der Waals surface area contributed by atoms with Crippen LogP contribution in [0.4, 0.5) is 4.79 Å². The molecule has 1 amide bonds. The van der Waals surface area contributed by atoms with Crippen LogP contribution in [0.2, 0.25) is 0 Å². The minimum atomic E-state index is -0.472. The Bertz CT molecular complexity index is 305. The molecule has 1 aliphatic rings. The van der Waals surface area contributed by atoms with Crippen LogP contribution < -0.4 is 5.84 Å². The predicted octanol–water partition coefficient (Wildman–Crippen LogP) is 0.801. The molecule has 1 fully saturated rings. The Morgan fingerprint density at radius 3 is 2.32 bits per heavy atom. The SMILES string of the molecule is CN(N)CC1(CO)CCN(C(=O)OC(C)(C)C)CC1. The maximum Gasteiger partial charge on any atom is 0.410 e. The lowest BCUT2D eigenvalue weighted by Gasteiger charge is -2.42. The Balaban J connectivity index is 2.54. The van der Waals surface area contributed by atoms with Gasteiger partial charge in [0.05, 0.1) is 6.61 Å². The Kier molecular flexibility index (Phi) is 5.18. The molecule has 0 atom stereocenters. The highest BCUT2D eigenvalue weighted by Crippen LogP contribution is 2.31. The molecule has 6 nitrogen and oxygen atoms in total. The van der Waals surface area contributed by atoms with Crippen LogP contribution >= 0.6 is 0 Å². The van der Waals surface area contributed by atoms with Crippen LogP contribution in [0.3, 0.4) is 0 Å². The first-order valence-corrected chi connectivity index (χ1v) is 6.72. The zero-order valence-corrected chi connectivity index (χ0v) is 12.5. The van der Waals surface area contributed by atoms with E-state index in [1.165, 1.54) is 0 Å². The number of hydrogen-bond donors (Lipinski definition) is 2. The van der Waals surface area contributed by atoms with Gasteiger partial charge in [-0.25, -0.2) is 9.80 Å². The van der Waals surface area contributed by atoms with Gasteiger partial charge in [-0.3, -0.25) is 5.84 Å². The molecule has 0 aromatic heterocycles. The van der Waals surface area contributed by atoms with E-state index in [1.54, 1.807) is 17.0 Å². The molecule has 0 spiro atoms. The molecular weight excluding hydrogens is 246 g/mol. The second kappa shape index (κ2) is 6.07. The van der Waals surface area contributed by atoms with Crippen LogP contribution in [-0.2, 0) is 4.74 Å². The summed E-state index contributed by atoms with van der Waals surface area (Å²) in [7, 11) is 1.79. The molecule has 3 N–H and O–H groups in total. The highest BCUT2D eigenvalue weighted by Gasteiger charge is 2.37. The first-order valence-electron chi connectivity index (χ1n) is 6.72. The maximum atomic E-state index is 11.9. The van der Waals surface area contributed by atoms with Crippen molar-refractivity contribution in [3.05, 3.63) is 0 Å². The Morgan fingerprint density at radius 2 is 1.95 bits per heavy atom. The van der Waals surface area contributed by atoms with Gasteiger partial charge in [-0.2, -0.15) is 0 Å². The third kappa shape index (κ3) is 4.97. The van der Waals surface area contributed by atoms with Gasteiger partial charge in [-0.1, -0.05) is 0 Å². The number of amides is 1.